The molecule has 13 heteroatoms. The molecule has 0 amide bonds. The van der Waals surface area contributed by atoms with Gasteiger partial charge in [-0.25, -0.2) is 4.79 Å². The van der Waals surface area contributed by atoms with Gasteiger partial charge in [-0.1, -0.05) is 17.7 Å². The first-order chi connectivity index (χ1) is 16.8. The molecule has 1 aromatic carbocycles. The van der Waals surface area contributed by atoms with Gasteiger partial charge in [-0.05, 0) is 30.7 Å². The van der Waals surface area contributed by atoms with Gasteiger partial charge in [0.2, 0.25) is 0 Å². The van der Waals surface area contributed by atoms with E-state index in [1.165, 1.54) is 46.6 Å². The number of aliphatic hydroxyl groups is 1. The van der Waals surface area contributed by atoms with E-state index in [0.29, 0.717) is 10.7 Å². The molecule has 4 rings (SSSR count). The van der Waals surface area contributed by atoms with E-state index < -0.39 is 17.9 Å². The summed E-state index contributed by atoms with van der Waals surface area (Å²) in [5.74, 6) is -0.00679. The van der Waals surface area contributed by atoms with Crippen LogP contribution in [0.15, 0.2) is 52.2 Å². The third-order valence-electron chi connectivity index (χ3n) is 5.09. The Morgan fingerprint density at radius 2 is 1.91 bits per heavy atom. The number of nitrogens with zero attached hydrogens (tertiary/aromatic N) is 5. The molecule has 0 radical (unpaired) electrons. The molecule has 1 N–H and O–H groups in total. The lowest BCUT2D eigenvalue weighted by molar-refractivity contribution is -0.0499. The number of hydrogen-bond donors (Lipinski definition) is 1. The number of ether oxygens (including phenoxy) is 2. The Bertz CT molecular complexity index is 1470. The first kappa shape index (κ1) is 24.4. The zero-order chi connectivity index (χ0) is 25.1. The van der Waals surface area contributed by atoms with E-state index in [2.05, 4.69) is 14.7 Å². The van der Waals surface area contributed by atoms with Crippen LogP contribution >= 0.6 is 11.6 Å². The maximum Gasteiger partial charge on any atom is 0.387 e. The summed E-state index contributed by atoms with van der Waals surface area (Å²) in [5, 5.41) is 9.59. The second-order valence-corrected chi connectivity index (χ2v) is 7.89. The first-order valence-corrected chi connectivity index (χ1v) is 10.8. The van der Waals surface area contributed by atoms with Crippen LogP contribution in [-0.4, -0.2) is 42.0 Å². The molecule has 0 bridgehead atoms. The standard InChI is InChI=1S/C22H20ClF2N5O5/c1-28-18-17(19(32)29(22(28)33)8-3-9-31)30(12-14-7-6-13(23)11-26-14)21(27-18)35-16-5-2-4-15(10-16)34-20(24)25/h2,4-7,10-11,20,31H,3,8-9,12H2,1H3. The van der Waals surface area contributed by atoms with Crippen LogP contribution in [0.4, 0.5) is 8.78 Å². The normalized spacial score (nSPS) is 11.4. The Hall–Kier alpha value is -3.77. The fourth-order valence-electron chi connectivity index (χ4n) is 3.48. The second-order valence-electron chi connectivity index (χ2n) is 7.45. The number of rotatable bonds is 9. The predicted molar refractivity (Wildman–Crippen MR) is 122 cm³/mol. The highest BCUT2D eigenvalue weighted by atomic mass is 35.5. The number of benzene rings is 1. The number of alkyl halides is 2. The smallest absolute Gasteiger partial charge is 0.387 e. The molecule has 0 aliphatic rings. The van der Waals surface area contributed by atoms with Crippen molar-refractivity contribution in [1.82, 2.24) is 23.7 Å². The largest absolute Gasteiger partial charge is 0.435 e. The van der Waals surface area contributed by atoms with Gasteiger partial charge in [0, 0.05) is 32.5 Å². The third-order valence-corrected chi connectivity index (χ3v) is 5.31. The first-order valence-electron chi connectivity index (χ1n) is 10.4. The molecule has 0 saturated carbocycles. The van der Waals surface area contributed by atoms with Crippen molar-refractivity contribution >= 4 is 22.8 Å². The lowest BCUT2D eigenvalue weighted by atomic mass is 10.3. The van der Waals surface area contributed by atoms with Crippen LogP contribution < -0.4 is 20.7 Å². The van der Waals surface area contributed by atoms with Crippen LogP contribution in [0.2, 0.25) is 5.02 Å². The van der Waals surface area contributed by atoms with E-state index in [1.807, 2.05) is 0 Å². The average Bonchev–Trinajstić information content (AvgIpc) is 3.17. The number of aliphatic hydroxyl groups excluding tert-OH is 1. The highest BCUT2D eigenvalue weighted by molar-refractivity contribution is 6.30. The predicted octanol–water partition coefficient (Wildman–Crippen LogP) is 2.77. The molecule has 0 aliphatic heterocycles. The Labute approximate surface area is 201 Å². The van der Waals surface area contributed by atoms with Crippen LogP contribution in [0.1, 0.15) is 12.1 Å². The molecule has 0 aliphatic carbocycles. The van der Waals surface area contributed by atoms with Gasteiger partial charge < -0.3 is 14.6 Å². The van der Waals surface area contributed by atoms with Gasteiger partial charge in [0.25, 0.3) is 5.56 Å². The number of aryl methyl sites for hydroxylation is 1. The Balaban J connectivity index is 1.88. The summed E-state index contributed by atoms with van der Waals surface area (Å²) in [7, 11) is 1.46. The molecule has 10 nitrogen and oxygen atoms in total. The van der Waals surface area contributed by atoms with Crippen molar-refractivity contribution in [2.24, 2.45) is 7.05 Å². The van der Waals surface area contributed by atoms with Crippen LogP contribution in [-0.2, 0) is 20.1 Å². The Kier molecular flexibility index (Phi) is 7.12. The van der Waals surface area contributed by atoms with E-state index in [1.54, 1.807) is 12.1 Å². The monoisotopic (exact) mass is 507 g/mol. The number of aromatic nitrogens is 5. The molecule has 0 atom stereocenters. The topological polar surface area (TPSA) is 113 Å². The molecule has 0 fully saturated rings. The number of pyridine rings is 1. The van der Waals surface area contributed by atoms with Crippen LogP contribution in [0, 0.1) is 0 Å². The van der Waals surface area contributed by atoms with Gasteiger partial charge in [-0.2, -0.15) is 13.8 Å². The lowest BCUT2D eigenvalue weighted by Gasteiger charge is -2.11. The van der Waals surface area contributed by atoms with Gasteiger partial charge in [-0.3, -0.25) is 23.5 Å². The van der Waals surface area contributed by atoms with E-state index >= 15 is 0 Å². The molecule has 184 valence electrons. The average molecular weight is 508 g/mol. The maximum absolute atomic E-state index is 13.3. The van der Waals surface area contributed by atoms with E-state index in [4.69, 9.17) is 16.3 Å². The van der Waals surface area contributed by atoms with Crippen molar-refractivity contribution in [2.45, 2.75) is 26.1 Å². The van der Waals surface area contributed by atoms with Gasteiger partial charge in [-0.15, -0.1) is 0 Å². The lowest BCUT2D eigenvalue weighted by Crippen LogP contribution is -2.39. The molecule has 3 aromatic heterocycles. The van der Waals surface area contributed by atoms with Crippen molar-refractivity contribution < 1.29 is 23.4 Å². The highest BCUT2D eigenvalue weighted by Crippen LogP contribution is 2.28. The summed E-state index contributed by atoms with van der Waals surface area (Å²) < 4.78 is 39.2. The molecule has 0 saturated heterocycles. The minimum absolute atomic E-state index is 0.00548. The highest BCUT2D eigenvalue weighted by Gasteiger charge is 2.22. The van der Waals surface area contributed by atoms with E-state index in [9.17, 15) is 23.5 Å². The molecule has 4 aromatic rings. The summed E-state index contributed by atoms with van der Waals surface area (Å²) in [5.41, 5.74) is -0.587. The minimum Gasteiger partial charge on any atom is -0.435 e. The van der Waals surface area contributed by atoms with Crippen LogP contribution in [0.25, 0.3) is 11.2 Å². The van der Waals surface area contributed by atoms with Crippen molar-refractivity contribution in [1.29, 1.82) is 0 Å². The molecular formula is C22H20ClF2N5O5. The number of fused-ring (bicyclic) bond motifs is 1. The molecule has 35 heavy (non-hydrogen) atoms. The maximum atomic E-state index is 13.3. The third kappa shape index (κ3) is 5.17. The fraction of sp³-hybridized carbons (Fsp3) is 0.273. The number of halogens is 3. The molecule has 0 spiro atoms. The number of imidazole rings is 1. The minimum atomic E-state index is -3.02. The van der Waals surface area contributed by atoms with Crippen molar-refractivity contribution in [3.05, 3.63) is 74.1 Å². The van der Waals surface area contributed by atoms with E-state index in [0.717, 1.165) is 4.57 Å². The van der Waals surface area contributed by atoms with Crippen molar-refractivity contribution in [3.8, 4) is 17.5 Å². The van der Waals surface area contributed by atoms with Crippen LogP contribution in [0.3, 0.4) is 0 Å². The SMILES string of the molecule is Cn1c(=O)n(CCCO)c(=O)c2c1nc(Oc1cccc(OC(F)F)c1)n2Cc1ccc(Cl)cn1. The second kappa shape index (κ2) is 10.2. The summed E-state index contributed by atoms with van der Waals surface area (Å²) in [6.07, 6.45) is 1.64. The van der Waals surface area contributed by atoms with E-state index in [-0.39, 0.29) is 54.8 Å². The zero-order valence-electron chi connectivity index (χ0n) is 18.4. The fourth-order valence-corrected chi connectivity index (χ4v) is 3.60. The van der Waals surface area contributed by atoms with Gasteiger partial charge in [0.1, 0.15) is 11.5 Å². The number of hydrogen-bond acceptors (Lipinski definition) is 7. The summed E-state index contributed by atoms with van der Waals surface area (Å²) in [4.78, 5) is 34.7. The van der Waals surface area contributed by atoms with Gasteiger partial charge in [0.15, 0.2) is 11.2 Å². The Morgan fingerprint density at radius 1 is 1.14 bits per heavy atom. The van der Waals surface area contributed by atoms with Crippen molar-refractivity contribution in [3.63, 3.8) is 0 Å². The van der Waals surface area contributed by atoms with Crippen molar-refractivity contribution in [2.75, 3.05) is 6.61 Å². The molecular weight excluding hydrogens is 488 g/mol. The molecule has 0 unspecified atom stereocenters. The van der Waals surface area contributed by atoms with Crippen LogP contribution in [0.5, 0.6) is 17.5 Å². The zero-order valence-corrected chi connectivity index (χ0v) is 19.2. The molecule has 3 heterocycles. The van der Waals surface area contributed by atoms with Gasteiger partial charge >= 0.3 is 18.3 Å². The Morgan fingerprint density at radius 3 is 2.60 bits per heavy atom. The summed E-state index contributed by atoms with van der Waals surface area (Å²) in [6, 6.07) is 8.75. The quantitative estimate of drug-likeness (QED) is 0.370. The summed E-state index contributed by atoms with van der Waals surface area (Å²) in [6.45, 7) is -3.18. The summed E-state index contributed by atoms with van der Waals surface area (Å²) >= 11 is 5.93. The van der Waals surface area contributed by atoms with Gasteiger partial charge in [0.05, 0.1) is 17.3 Å².